The molecule has 0 saturated carbocycles. The molecule has 1 aromatic carbocycles. The van der Waals surface area contributed by atoms with Gasteiger partial charge in [0.2, 0.25) is 5.88 Å². The lowest BCUT2D eigenvalue weighted by atomic mass is 10.1. The van der Waals surface area contributed by atoms with Gasteiger partial charge >= 0.3 is 0 Å². The van der Waals surface area contributed by atoms with Gasteiger partial charge in [0.05, 0.1) is 30.8 Å². The summed E-state index contributed by atoms with van der Waals surface area (Å²) >= 11 is 1.57. The average molecular weight is 366 g/mol. The second kappa shape index (κ2) is 6.81. The Balaban J connectivity index is 1.85. The quantitative estimate of drug-likeness (QED) is 0.548. The number of nitrogens with zero attached hydrogens (tertiary/aromatic N) is 5. The van der Waals surface area contributed by atoms with Gasteiger partial charge in [0.25, 0.3) is 0 Å². The Morgan fingerprint density at radius 3 is 2.77 bits per heavy atom. The summed E-state index contributed by atoms with van der Waals surface area (Å²) in [6.07, 6.45) is 5.55. The number of hydrogen-bond acceptors (Lipinski definition) is 6. The van der Waals surface area contributed by atoms with E-state index in [1.807, 2.05) is 49.2 Å². The van der Waals surface area contributed by atoms with Crippen LogP contribution in [0.25, 0.3) is 28.0 Å². The highest BCUT2D eigenvalue weighted by molar-refractivity contribution is 7.97. The summed E-state index contributed by atoms with van der Waals surface area (Å²) in [6.45, 7) is 0. The Kier molecular flexibility index (Phi) is 4.36. The number of imidazole rings is 1. The van der Waals surface area contributed by atoms with E-state index in [0.717, 1.165) is 32.9 Å². The van der Waals surface area contributed by atoms with Crippen molar-refractivity contribution >= 4 is 17.6 Å². The molecule has 0 amide bonds. The first-order chi connectivity index (χ1) is 12.7. The Morgan fingerprint density at radius 2 is 2.04 bits per heavy atom. The smallest absolute Gasteiger partial charge is 0.239 e. The topological polar surface area (TPSA) is 69.3 Å². The molecule has 132 valence electrons. The van der Waals surface area contributed by atoms with E-state index in [1.165, 1.54) is 0 Å². The van der Waals surface area contributed by atoms with Crippen molar-refractivity contribution in [1.29, 1.82) is 0 Å². The van der Waals surface area contributed by atoms with Crippen molar-refractivity contribution < 1.29 is 4.74 Å². The molecule has 0 saturated heterocycles. The van der Waals surface area contributed by atoms with Crippen molar-refractivity contribution in [2.45, 2.75) is 4.90 Å². The number of nitrogens with one attached hydrogen (secondary N) is 1. The maximum absolute atomic E-state index is 5.53. The molecule has 0 aliphatic carbocycles. The lowest BCUT2D eigenvalue weighted by Gasteiger charge is -2.08. The maximum atomic E-state index is 5.53. The molecule has 0 atom stereocenters. The highest BCUT2D eigenvalue weighted by atomic mass is 32.2. The second-order valence-electron chi connectivity index (χ2n) is 5.72. The van der Waals surface area contributed by atoms with Crippen molar-refractivity contribution in [1.82, 2.24) is 29.1 Å². The molecule has 0 spiro atoms. The molecular formula is C18H18N6OS. The minimum absolute atomic E-state index is 0.533. The van der Waals surface area contributed by atoms with Crippen LogP contribution in [-0.4, -0.2) is 38.5 Å². The molecule has 4 rings (SSSR count). The van der Waals surface area contributed by atoms with E-state index >= 15 is 0 Å². The largest absolute Gasteiger partial charge is 0.480 e. The van der Waals surface area contributed by atoms with Crippen molar-refractivity contribution in [3.8, 4) is 28.3 Å². The first kappa shape index (κ1) is 16.6. The highest BCUT2D eigenvalue weighted by Gasteiger charge is 2.15. The van der Waals surface area contributed by atoms with Gasteiger partial charge in [0.15, 0.2) is 5.65 Å². The summed E-state index contributed by atoms with van der Waals surface area (Å²) in [7, 11) is 5.40. The average Bonchev–Trinajstić information content (AvgIpc) is 3.26. The number of aryl methyl sites for hydroxylation is 1. The minimum Gasteiger partial charge on any atom is -0.480 e. The van der Waals surface area contributed by atoms with Crippen molar-refractivity contribution in [3.05, 3.63) is 48.9 Å². The number of fused-ring (bicyclic) bond motifs is 1. The zero-order chi connectivity index (χ0) is 18.1. The van der Waals surface area contributed by atoms with E-state index in [9.17, 15) is 0 Å². The van der Waals surface area contributed by atoms with Crippen LogP contribution in [-0.2, 0) is 7.05 Å². The highest BCUT2D eigenvalue weighted by Crippen LogP contribution is 2.31. The molecule has 3 aromatic heterocycles. The predicted octanol–water partition coefficient (Wildman–Crippen LogP) is 3.03. The minimum atomic E-state index is 0.533. The number of benzene rings is 1. The molecule has 0 unspecified atom stereocenters. The van der Waals surface area contributed by atoms with E-state index in [1.54, 1.807) is 29.9 Å². The van der Waals surface area contributed by atoms with Gasteiger partial charge in [-0.2, -0.15) is 5.10 Å². The molecule has 26 heavy (non-hydrogen) atoms. The van der Waals surface area contributed by atoms with Gasteiger partial charge < -0.3 is 4.74 Å². The van der Waals surface area contributed by atoms with Crippen molar-refractivity contribution in [2.24, 2.45) is 7.05 Å². The van der Waals surface area contributed by atoms with E-state index in [2.05, 4.69) is 32.0 Å². The number of methoxy groups -OCH3 is 1. The van der Waals surface area contributed by atoms with E-state index < -0.39 is 0 Å². The molecule has 8 heteroatoms. The van der Waals surface area contributed by atoms with E-state index in [-0.39, 0.29) is 0 Å². The van der Waals surface area contributed by atoms with Crippen LogP contribution in [0.5, 0.6) is 5.88 Å². The Bertz CT molecular complexity index is 1070. The van der Waals surface area contributed by atoms with Crippen LogP contribution in [0.1, 0.15) is 0 Å². The molecular weight excluding hydrogens is 348 g/mol. The second-order valence-corrected chi connectivity index (χ2v) is 6.80. The summed E-state index contributed by atoms with van der Waals surface area (Å²) in [5.74, 6) is 0.533. The van der Waals surface area contributed by atoms with Gasteiger partial charge in [-0.1, -0.05) is 12.1 Å². The SMILES string of the molecule is CNSc1cccc(-c2cnc3cc(-c4cnn(C)c4)c(OC)nn23)c1. The molecule has 3 heterocycles. The van der Waals surface area contributed by atoms with Crippen LogP contribution in [0.3, 0.4) is 0 Å². The van der Waals surface area contributed by atoms with Gasteiger partial charge in [-0.15, -0.1) is 5.10 Å². The zero-order valence-corrected chi connectivity index (χ0v) is 15.5. The predicted molar refractivity (Wildman–Crippen MR) is 102 cm³/mol. The molecule has 0 bridgehead atoms. The fourth-order valence-corrected chi connectivity index (χ4v) is 3.42. The number of ether oxygens (including phenoxy) is 1. The van der Waals surface area contributed by atoms with Gasteiger partial charge in [0, 0.05) is 29.3 Å². The third kappa shape index (κ3) is 2.93. The van der Waals surface area contributed by atoms with Crippen LogP contribution in [0.15, 0.2) is 53.8 Å². The number of hydrogen-bond donors (Lipinski definition) is 1. The molecule has 1 N–H and O–H groups in total. The maximum Gasteiger partial charge on any atom is 0.239 e. The summed E-state index contributed by atoms with van der Waals surface area (Å²) in [6, 6.07) is 10.2. The van der Waals surface area contributed by atoms with Gasteiger partial charge in [-0.05, 0) is 37.2 Å². The van der Waals surface area contributed by atoms with Crippen molar-refractivity contribution in [3.63, 3.8) is 0 Å². The van der Waals surface area contributed by atoms with Crippen LogP contribution < -0.4 is 9.46 Å². The molecule has 0 aliphatic heterocycles. The summed E-state index contributed by atoms with van der Waals surface area (Å²) in [5, 5.41) is 8.89. The fraction of sp³-hybridized carbons (Fsp3) is 0.167. The van der Waals surface area contributed by atoms with E-state index in [0.29, 0.717) is 5.88 Å². The molecule has 4 aromatic rings. The lowest BCUT2D eigenvalue weighted by Crippen LogP contribution is -2.00. The van der Waals surface area contributed by atoms with Crippen molar-refractivity contribution in [2.75, 3.05) is 14.2 Å². The van der Waals surface area contributed by atoms with Gasteiger partial charge in [-0.3, -0.25) is 9.40 Å². The zero-order valence-electron chi connectivity index (χ0n) is 14.7. The molecule has 0 radical (unpaired) electrons. The molecule has 0 aliphatic rings. The van der Waals surface area contributed by atoms with E-state index in [4.69, 9.17) is 4.74 Å². The van der Waals surface area contributed by atoms with Crippen LogP contribution in [0.2, 0.25) is 0 Å². The van der Waals surface area contributed by atoms with Gasteiger partial charge in [0.1, 0.15) is 0 Å². The standard InChI is InChI=1S/C18H18N6OS/c1-19-26-14-6-4-5-12(7-14)16-10-20-17-8-15(13-9-21-23(2)11-13)18(25-3)22-24(16)17/h4-11,19H,1-3H3. The summed E-state index contributed by atoms with van der Waals surface area (Å²) < 4.78 is 12.2. The summed E-state index contributed by atoms with van der Waals surface area (Å²) in [4.78, 5) is 5.66. The Labute approximate surface area is 155 Å². The Hall–Kier alpha value is -2.84. The lowest BCUT2D eigenvalue weighted by molar-refractivity contribution is 0.392. The van der Waals surface area contributed by atoms with Gasteiger partial charge in [-0.25, -0.2) is 9.50 Å². The molecule has 7 nitrogen and oxygen atoms in total. The Morgan fingerprint density at radius 1 is 1.15 bits per heavy atom. The monoisotopic (exact) mass is 366 g/mol. The first-order valence-corrected chi connectivity index (χ1v) is 8.87. The third-order valence-electron chi connectivity index (χ3n) is 4.02. The van der Waals surface area contributed by atoms with Crippen LogP contribution in [0, 0.1) is 0 Å². The normalized spacial score (nSPS) is 11.2. The number of aromatic nitrogens is 5. The first-order valence-electron chi connectivity index (χ1n) is 8.05. The number of rotatable bonds is 5. The molecule has 0 fully saturated rings. The summed E-state index contributed by atoms with van der Waals surface area (Å²) in [5.41, 5.74) is 4.52. The third-order valence-corrected chi connectivity index (χ3v) is 4.71. The fourth-order valence-electron chi connectivity index (χ4n) is 2.85. The van der Waals surface area contributed by atoms with Crippen LogP contribution >= 0.6 is 11.9 Å². The van der Waals surface area contributed by atoms with Crippen LogP contribution in [0.4, 0.5) is 0 Å².